The molecule has 5 heteroatoms. The summed E-state index contributed by atoms with van der Waals surface area (Å²) in [6.07, 6.45) is 1.54. The normalized spacial score (nSPS) is 16.7. The van der Waals surface area contributed by atoms with Crippen LogP contribution < -0.4 is 10.6 Å². The van der Waals surface area contributed by atoms with E-state index in [2.05, 4.69) is 28.8 Å². The third-order valence-corrected chi connectivity index (χ3v) is 6.01. The van der Waals surface area contributed by atoms with Gasteiger partial charge in [0.05, 0.1) is 6.54 Å². The number of fused-ring (bicyclic) bond motifs is 1. The van der Waals surface area contributed by atoms with Crippen molar-refractivity contribution in [2.75, 3.05) is 19.8 Å². The summed E-state index contributed by atoms with van der Waals surface area (Å²) in [5.74, 6) is 0.0343. The highest BCUT2D eigenvalue weighted by Crippen LogP contribution is 2.35. The summed E-state index contributed by atoms with van der Waals surface area (Å²) in [5.41, 5.74) is 0.763. The molecule has 0 aromatic heterocycles. The van der Waals surface area contributed by atoms with Crippen molar-refractivity contribution < 1.29 is 14.6 Å². The molecule has 0 aliphatic carbocycles. The lowest BCUT2D eigenvalue weighted by molar-refractivity contribution is -0.0676. The van der Waals surface area contributed by atoms with Crippen molar-refractivity contribution in [3.8, 4) is 0 Å². The number of urea groups is 1. The SMILES string of the molecule is O=C(NCc1cccc2ccccc12)NCC(O)(c1ccccc1)C1CCOCC1. The quantitative estimate of drug-likeness (QED) is 0.583. The van der Waals surface area contributed by atoms with Crippen LogP contribution in [0.2, 0.25) is 0 Å². The lowest BCUT2D eigenvalue weighted by Crippen LogP contribution is -2.49. The molecule has 0 spiro atoms. The van der Waals surface area contributed by atoms with Gasteiger partial charge in [0.2, 0.25) is 0 Å². The van der Waals surface area contributed by atoms with E-state index in [-0.39, 0.29) is 18.5 Å². The van der Waals surface area contributed by atoms with Gasteiger partial charge in [0.15, 0.2) is 0 Å². The van der Waals surface area contributed by atoms with E-state index in [1.807, 2.05) is 54.6 Å². The number of ether oxygens (including phenoxy) is 1. The molecule has 30 heavy (non-hydrogen) atoms. The van der Waals surface area contributed by atoms with E-state index >= 15 is 0 Å². The number of rotatable bonds is 6. The van der Waals surface area contributed by atoms with Gasteiger partial charge in [0.25, 0.3) is 0 Å². The predicted molar refractivity (Wildman–Crippen MR) is 118 cm³/mol. The molecule has 1 aliphatic rings. The third kappa shape index (κ3) is 4.48. The van der Waals surface area contributed by atoms with Gasteiger partial charge in [-0.05, 0) is 40.7 Å². The standard InChI is InChI=1S/C25H28N2O3/c28-24(26-17-20-9-6-8-19-7-4-5-12-23(19)20)27-18-25(29,21-10-2-1-3-11-21)22-13-15-30-16-14-22/h1-12,22,29H,13-18H2,(H2,26,27,28). The molecule has 1 aliphatic heterocycles. The van der Waals surface area contributed by atoms with Gasteiger partial charge in [0.1, 0.15) is 5.60 Å². The van der Waals surface area contributed by atoms with Crippen LogP contribution in [0.3, 0.4) is 0 Å². The van der Waals surface area contributed by atoms with Crippen molar-refractivity contribution >= 4 is 16.8 Å². The van der Waals surface area contributed by atoms with E-state index in [1.54, 1.807) is 0 Å². The number of carbonyl (C=O) groups is 1. The highest BCUT2D eigenvalue weighted by Gasteiger charge is 2.39. The molecule has 1 unspecified atom stereocenters. The molecule has 1 atom stereocenters. The molecule has 3 aromatic carbocycles. The van der Waals surface area contributed by atoms with Crippen molar-refractivity contribution in [1.29, 1.82) is 0 Å². The fourth-order valence-corrected chi connectivity index (χ4v) is 4.28. The second-order valence-corrected chi connectivity index (χ2v) is 7.85. The van der Waals surface area contributed by atoms with E-state index in [9.17, 15) is 9.90 Å². The summed E-state index contributed by atoms with van der Waals surface area (Å²) in [6.45, 7) is 1.84. The van der Waals surface area contributed by atoms with Gasteiger partial charge in [-0.2, -0.15) is 0 Å². The van der Waals surface area contributed by atoms with E-state index in [0.717, 1.165) is 34.7 Å². The molecule has 3 aromatic rings. The van der Waals surface area contributed by atoms with Crippen molar-refractivity contribution in [1.82, 2.24) is 10.6 Å². The zero-order chi connectivity index (χ0) is 20.8. The van der Waals surface area contributed by atoms with Crippen molar-refractivity contribution in [2.45, 2.75) is 25.0 Å². The average Bonchev–Trinajstić information content (AvgIpc) is 2.82. The molecule has 0 bridgehead atoms. The number of nitrogens with one attached hydrogen (secondary N) is 2. The van der Waals surface area contributed by atoms with Crippen molar-refractivity contribution in [3.63, 3.8) is 0 Å². The minimum Gasteiger partial charge on any atom is -0.383 e. The van der Waals surface area contributed by atoms with Crippen LogP contribution in [0.5, 0.6) is 0 Å². The van der Waals surface area contributed by atoms with Gasteiger partial charge >= 0.3 is 6.03 Å². The Labute approximate surface area is 177 Å². The van der Waals surface area contributed by atoms with Crippen molar-refractivity contribution in [3.05, 3.63) is 83.9 Å². The Kier molecular flexibility index (Phi) is 6.31. The van der Waals surface area contributed by atoms with Crippen molar-refractivity contribution in [2.24, 2.45) is 5.92 Å². The van der Waals surface area contributed by atoms with E-state index in [0.29, 0.717) is 19.8 Å². The van der Waals surface area contributed by atoms with Crippen LogP contribution in [-0.2, 0) is 16.9 Å². The summed E-state index contributed by atoms with van der Waals surface area (Å²) in [5, 5.41) is 19.7. The first-order valence-electron chi connectivity index (χ1n) is 10.5. The molecule has 0 saturated carbocycles. The Balaban J connectivity index is 1.42. The lowest BCUT2D eigenvalue weighted by atomic mass is 9.77. The van der Waals surface area contributed by atoms with Gasteiger partial charge in [-0.3, -0.25) is 0 Å². The Morgan fingerprint density at radius 3 is 2.43 bits per heavy atom. The number of carbonyl (C=O) groups excluding carboxylic acids is 1. The Morgan fingerprint density at radius 1 is 0.933 bits per heavy atom. The predicted octanol–water partition coefficient (Wildman–Crippen LogP) is 3.95. The number of aliphatic hydroxyl groups is 1. The molecule has 5 nitrogen and oxygen atoms in total. The van der Waals surface area contributed by atoms with E-state index in [4.69, 9.17) is 4.74 Å². The average molecular weight is 405 g/mol. The second kappa shape index (κ2) is 9.28. The molecular weight excluding hydrogens is 376 g/mol. The number of benzene rings is 3. The van der Waals surface area contributed by atoms with Crippen LogP contribution in [0.15, 0.2) is 72.8 Å². The highest BCUT2D eigenvalue weighted by molar-refractivity contribution is 5.86. The molecule has 2 amide bonds. The molecule has 0 radical (unpaired) electrons. The van der Waals surface area contributed by atoms with E-state index in [1.165, 1.54) is 0 Å². The van der Waals surface area contributed by atoms with Gasteiger partial charge in [-0.25, -0.2) is 4.79 Å². The lowest BCUT2D eigenvalue weighted by Gasteiger charge is -2.39. The van der Waals surface area contributed by atoms with Crippen LogP contribution in [-0.4, -0.2) is 30.9 Å². The fourth-order valence-electron chi connectivity index (χ4n) is 4.28. The van der Waals surface area contributed by atoms with Crippen LogP contribution in [0.1, 0.15) is 24.0 Å². The number of amides is 2. The minimum atomic E-state index is -1.12. The smallest absolute Gasteiger partial charge is 0.315 e. The molecular formula is C25H28N2O3. The maximum Gasteiger partial charge on any atom is 0.315 e. The maximum atomic E-state index is 12.6. The van der Waals surface area contributed by atoms with Gasteiger partial charge < -0.3 is 20.5 Å². The fraction of sp³-hybridized carbons (Fsp3) is 0.320. The summed E-state index contributed by atoms with van der Waals surface area (Å²) in [7, 11) is 0. The monoisotopic (exact) mass is 404 g/mol. The molecule has 1 saturated heterocycles. The van der Waals surface area contributed by atoms with Crippen LogP contribution in [0.4, 0.5) is 4.79 Å². The largest absolute Gasteiger partial charge is 0.383 e. The molecule has 1 fully saturated rings. The Hall–Kier alpha value is -2.89. The van der Waals surface area contributed by atoms with Crippen LogP contribution >= 0.6 is 0 Å². The first kappa shape index (κ1) is 20.4. The Bertz CT molecular complexity index is 981. The third-order valence-electron chi connectivity index (χ3n) is 6.01. The van der Waals surface area contributed by atoms with Crippen LogP contribution in [0, 0.1) is 5.92 Å². The topological polar surface area (TPSA) is 70.6 Å². The zero-order valence-electron chi connectivity index (χ0n) is 17.0. The Morgan fingerprint density at radius 2 is 1.63 bits per heavy atom. The van der Waals surface area contributed by atoms with Crippen LogP contribution in [0.25, 0.3) is 10.8 Å². The highest BCUT2D eigenvalue weighted by atomic mass is 16.5. The zero-order valence-corrected chi connectivity index (χ0v) is 17.0. The summed E-state index contributed by atoms with van der Waals surface area (Å²) < 4.78 is 5.47. The van der Waals surface area contributed by atoms with Gasteiger partial charge in [-0.15, -0.1) is 0 Å². The second-order valence-electron chi connectivity index (χ2n) is 7.85. The van der Waals surface area contributed by atoms with E-state index < -0.39 is 5.60 Å². The summed E-state index contributed by atoms with van der Waals surface area (Å²) in [4.78, 5) is 12.6. The van der Waals surface area contributed by atoms with Gasteiger partial charge in [-0.1, -0.05) is 72.8 Å². The molecule has 3 N–H and O–H groups in total. The maximum absolute atomic E-state index is 12.6. The first-order valence-corrected chi connectivity index (χ1v) is 10.5. The van der Waals surface area contributed by atoms with Gasteiger partial charge in [0, 0.05) is 19.8 Å². The number of hydrogen-bond donors (Lipinski definition) is 3. The molecule has 156 valence electrons. The summed E-state index contributed by atoms with van der Waals surface area (Å²) >= 11 is 0. The first-order chi connectivity index (χ1) is 14.7. The summed E-state index contributed by atoms with van der Waals surface area (Å²) in [6, 6.07) is 23.5. The molecule has 4 rings (SSSR count). The number of hydrogen-bond acceptors (Lipinski definition) is 3. The minimum absolute atomic E-state index is 0.0343. The molecule has 1 heterocycles.